The summed E-state index contributed by atoms with van der Waals surface area (Å²) in [6, 6.07) is 6.14. The van der Waals surface area contributed by atoms with Crippen molar-refractivity contribution < 1.29 is 24.1 Å². The smallest absolute Gasteiger partial charge is 0.256 e. The molecule has 106 valence electrons. The second-order valence-electron chi connectivity index (χ2n) is 3.99. The van der Waals surface area contributed by atoms with Gasteiger partial charge in [0.2, 0.25) is 0 Å². The Morgan fingerprint density at radius 2 is 1.95 bits per heavy atom. The van der Waals surface area contributed by atoms with E-state index < -0.39 is 12.4 Å². The van der Waals surface area contributed by atoms with Crippen molar-refractivity contribution in [2.45, 2.75) is 13.2 Å². The molecule has 0 aliphatic heterocycles. The molecule has 0 bridgehead atoms. The Kier molecular flexibility index (Phi) is 4.49. The van der Waals surface area contributed by atoms with E-state index in [2.05, 4.69) is 4.98 Å². The summed E-state index contributed by atoms with van der Waals surface area (Å²) >= 11 is 0. The van der Waals surface area contributed by atoms with Crippen molar-refractivity contribution in [1.82, 2.24) is 4.98 Å². The van der Waals surface area contributed by atoms with Gasteiger partial charge < -0.3 is 19.7 Å². The van der Waals surface area contributed by atoms with Crippen molar-refractivity contribution in [3.63, 3.8) is 0 Å². The lowest BCUT2D eigenvalue weighted by atomic mass is 10.2. The summed E-state index contributed by atoms with van der Waals surface area (Å²) in [6.07, 6.45) is 1.35. The largest absolute Gasteiger partial charge is 0.493 e. The predicted molar refractivity (Wildman–Crippen MR) is 69.1 cm³/mol. The van der Waals surface area contributed by atoms with Gasteiger partial charge in [-0.15, -0.1) is 0 Å². The molecule has 0 radical (unpaired) electrons. The third kappa shape index (κ3) is 2.87. The number of pyridine rings is 1. The molecule has 0 fully saturated rings. The monoisotopic (exact) mass is 279 g/mol. The molecule has 0 aliphatic carbocycles. The molecule has 0 saturated carbocycles. The van der Waals surface area contributed by atoms with Crippen molar-refractivity contribution in [1.29, 1.82) is 0 Å². The Bertz CT molecular complexity index is 604. The second-order valence-corrected chi connectivity index (χ2v) is 3.99. The molecule has 0 unspecified atom stereocenters. The minimum atomic E-state index is -0.719. The molecular formula is C14H14FNO4. The quantitative estimate of drug-likeness (QED) is 0.876. The Morgan fingerprint density at radius 1 is 1.15 bits per heavy atom. The number of rotatable bonds is 5. The van der Waals surface area contributed by atoms with E-state index in [9.17, 15) is 4.39 Å². The molecule has 1 aromatic heterocycles. The van der Waals surface area contributed by atoms with Crippen LogP contribution in [0.5, 0.6) is 17.4 Å². The number of methoxy groups -OCH3 is 1. The van der Waals surface area contributed by atoms with Crippen LogP contribution in [-0.2, 0) is 13.2 Å². The Balaban J connectivity index is 2.35. The molecular weight excluding hydrogens is 265 g/mol. The van der Waals surface area contributed by atoms with Gasteiger partial charge in [-0.1, -0.05) is 6.07 Å². The molecule has 1 aromatic carbocycles. The first-order chi connectivity index (χ1) is 9.69. The molecule has 2 N–H and O–H groups in total. The van der Waals surface area contributed by atoms with E-state index in [-0.39, 0.29) is 23.8 Å². The van der Waals surface area contributed by atoms with Crippen LogP contribution >= 0.6 is 0 Å². The van der Waals surface area contributed by atoms with Crippen LogP contribution in [-0.4, -0.2) is 22.3 Å². The van der Waals surface area contributed by atoms with Gasteiger partial charge in [-0.2, -0.15) is 0 Å². The minimum Gasteiger partial charge on any atom is -0.493 e. The number of benzene rings is 1. The minimum absolute atomic E-state index is 0.0981. The fraction of sp³-hybridized carbons (Fsp3) is 0.214. The topological polar surface area (TPSA) is 71.8 Å². The van der Waals surface area contributed by atoms with Crippen molar-refractivity contribution in [3.8, 4) is 17.4 Å². The van der Waals surface area contributed by atoms with Gasteiger partial charge in [-0.25, -0.2) is 9.37 Å². The molecule has 0 atom stereocenters. The maximum atomic E-state index is 13.9. The average Bonchev–Trinajstić information content (AvgIpc) is 2.49. The lowest BCUT2D eigenvalue weighted by Crippen LogP contribution is -1.99. The van der Waals surface area contributed by atoms with Gasteiger partial charge >= 0.3 is 0 Å². The Hall–Kier alpha value is -2.18. The highest BCUT2D eigenvalue weighted by Crippen LogP contribution is 2.33. The number of aliphatic hydroxyl groups is 2. The number of aromatic nitrogens is 1. The maximum Gasteiger partial charge on any atom is 0.256 e. The van der Waals surface area contributed by atoms with Gasteiger partial charge in [0.1, 0.15) is 0 Å². The molecule has 0 amide bonds. The summed E-state index contributed by atoms with van der Waals surface area (Å²) in [5, 5.41) is 18.1. The van der Waals surface area contributed by atoms with Crippen molar-refractivity contribution in [2.24, 2.45) is 0 Å². The van der Waals surface area contributed by atoms with Gasteiger partial charge in [-0.3, -0.25) is 0 Å². The molecule has 0 spiro atoms. The molecule has 0 saturated heterocycles. The van der Waals surface area contributed by atoms with Crippen LogP contribution in [0.3, 0.4) is 0 Å². The SMILES string of the molecule is COc1cc(CO)ccc1Oc1nccc(CO)c1F. The zero-order valence-electron chi connectivity index (χ0n) is 10.8. The van der Waals surface area contributed by atoms with Crippen LogP contribution in [0.25, 0.3) is 0 Å². The number of nitrogens with zero attached hydrogens (tertiary/aromatic N) is 1. The van der Waals surface area contributed by atoms with E-state index in [0.717, 1.165) is 0 Å². The van der Waals surface area contributed by atoms with Crippen molar-refractivity contribution >= 4 is 0 Å². The van der Waals surface area contributed by atoms with E-state index in [1.165, 1.54) is 19.4 Å². The van der Waals surface area contributed by atoms with E-state index in [1.54, 1.807) is 18.2 Å². The first kappa shape index (κ1) is 14.2. The van der Waals surface area contributed by atoms with Gasteiger partial charge in [0.05, 0.1) is 20.3 Å². The molecule has 2 aromatic rings. The number of aliphatic hydroxyl groups excluding tert-OH is 2. The summed E-state index contributed by atoms with van der Waals surface area (Å²) in [4.78, 5) is 3.79. The number of hydrogen-bond acceptors (Lipinski definition) is 5. The molecule has 1 heterocycles. The van der Waals surface area contributed by atoms with Crippen LogP contribution in [0, 0.1) is 5.82 Å². The fourth-order valence-electron chi connectivity index (χ4n) is 1.65. The van der Waals surface area contributed by atoms with Crippen molar-refractivity contribution in [3.05, 3.63) is 47.4 Å². The number of halogens is 1. The molecule has 2 rings (SSSR count). The van der Waals surface area contributed by atoms with E-state index >= 15 is 0 Å². The third-order valence-electron chi connectivity index (χ3n) is 2.72. The number of hydrogen-bond donors (Lipinski definition) is 2. The van der Waals surface area contributed by atoms with Crippen LogP contribution in [0.4, 0.5) is 4.39 Å². The van der Waals surface area contributed by atoms with E-state index in [1.807, 2.05) is 0 Å². The van der Waals surface area contributed by atoms with Crippen LogP contribution < -0.4 is 9.47 Å². The highest BCUT2D eigenvalue weighted by Gasteiger charge is 2.14. The third-order valence-corrected chi connectivity index (χ3v) is 2.72. The standard InChI is InChI=1S/C14H14FNO4/c1-19-12-6-9(7-17)2-3-11(12)20-14-13(15)10(8-18)4-5-16-14/h2-6,17-18H,7-8H2,1H3. The Morgan fingerprint density at radius 3 is 2.60 bits per heavy atom. The Labute approximate surface area is 115 Å². The second kappa shape index (κ2) is 6.31. The molecule has 6 heteroatoms. The van der Waals surface area contributed by atoms with Crippen LogP contribution in [0.1, 0.15) is 11.1 Å². The van der Waals surface area contributed by atoms with Gasteiger partial charge in [0, 0.05) is 11.8 Å². The normalized spacial score (nSPS) is 10.4. The predicted octanol–water partition coefficient (Wildman–Crippen LogP) is 2.01. The maximum absolute atomic E-state index is 13.9. The van der Waals surface area contributed by atoms with Gasteiger partial charge in [0.25, 0.3) is 5.88 Å². The first-order valence-electron chi connectivity index (χ1n) is 5.89. The highest BCUT2D eigenvalue weighted by atomic mass is 19.1. The zero-order valence-corrected chi connectivity index (χ0v) is 10.8. The van der Waals surface area contributed by atoms with E-state index in [0.29, 0.717) is 11.3 Å². The molecule has 20 heavy (non-hydrogen) atoms. The average molecular weight is 279 g/mol. The molecule has 0 aliphatic rings. The van der Waals surface area contributed by atoms with Crippen LogP contribution in [0.15, 0.2) is 30.5 Å². The molecule has 5 nitrogen and oxygen atoms in total. The lowest BCUT2D eigenvalue weighted by molar-refractivity contribution is 0.272. The highest BCUT2D eigenvalue weighted by molar-refractivity contribution is 5.44. The summed E-state index contributed by atoms with van der Waals surface area (Å²) in [5.74, 6) is -0.340. The van der Waals surface area contributed by atoms with Gasteiger partial charge in [-0.05, 0) is 23.8 Å². The van der Waals surface area contributed by atoms with E-state index in [4.69, 9.17) is 19.7 Å². The van der Waals surface area contributed by atoms with Crippen molar-refractivity contribution in [2.75, 3.05) is 7.11 Å². The summed E-state index contributed by atoms with van der Waals surface area (Å²) < 4.78 is 24.4. The fourth-order valence-corrected chi connectivity index (χ4v) is 1.65. The number of ether oxygens (including phenoxy) is 2. The van der Waals surface area contributed by atoms with Crippen LogP contribution in [0.2, 0.25) is 0 Å². The summed E-state index contributed by atoms with van der Waals surface area (Å²) in [6.45, 7) is -0.575. The van der Waals surface area contributed by atoms with Gasteiger partial charge in [0.15, 0.2) is 17.3 Å². The first-order valence-corrected chi connectivity index (χ1v) is 5.89. The zero-order chi connectivity index (χ0) is 14.5. The summed E-state index contributed by atoms with van der Waals surface area (Å²) in [7, 11) is 1.44. The summed E-state index contributed by atoms with van der Waals surface area (Å²) in [5.41, 5.74) is 0.743. The lowest BCUT2D eigenvalue weighted by Gasteiger charge is -2.12.